The van der Waals surface area contributed by atoms with Gasteiger partial charge in [0.1, 0.15) is 0 Å². The molecular weight excluding hydrogens is 314 g/mol. The molecule has 3 N–H and O–H groups in total. The predicted octanol–water partition coefficient (Wildman–Crippen LogP) is 3.26. The van der Waals surface area contributed by atoms with Gasteiger partial charge in [0, 0.05) is 24.3 Å². The summed E-state index contributed by atoms with van der Waals surface area (Å²) in [5, 5.41) is 0. The van der Waals surface area contributed by atoms with Crippen LogP contribution in [0.4, 0.5) is 5.69 Å². The summed E-state index contributed by atoms with van der Waals surface area (Å²) < 4.78 is 1.11. The molecule has 4 heteroatoms. The van der Waals surface area contributed by atoms with Crippen molar-refractivity contribution in [2.24, 2.45) is 5.84 Å². The van der Waals surface area contributed by atoms with Crippen LogP contribution in [0.2, 0.25) is 0 Å². The molecule has 2 aromatic rings. The van der Waals surface area contributed by atoms with E-state index in [1.54, 1.807) is 0 Å². The molecule has 0 radical (unpaired) electrons. The summed E-state index contributed by atoms with van der Waals surface area (Å²) >= 11 is 3.59. The molecule has 20 heavy (non-hydrogen) atoms. The summed E-state index contributed by atoms with van der Waals surface area (Å²) in [7, 11) is 4.08. The van der Waals surface area contributed by atoms with Crippen LogP contribution >= 0.6 is 15.9 Å². The van der Waals surface area contributed by atoms with E-state index in [-0.39, 0.29) is 6.04 Å². The fourth-order valence-electron chi connectivity index (χ4n) is 2.18. The Hall–Kier alpha value is -1.36. The van der Waals surface area contributed by atoms with Crippen molar-refractivity contribution in [3.05, 3.63) is 64.1 Å². The highest BCUT2D eigenvalue weighted by atomic mass is 79.9. The zero-order valence-corrected chi connectivity index (χ0v) is 13.4. The van der Waals surface area contributed by atoms with Gasteiger partial charge >= 0.3 is 0 Å². The molecular formula is C16H20BrN3. The van der Waals surface area contributed by atoms with Crippen LogP contribution < -0.4 is 16.2 Å². The van der Waals surface area contributed by atoms with E-state index in [0.29, 0.717) is 0 Å². The molecule has 0 aliphatic carbocycles. The lowest BCUT2D eigenvalue weighted by atomic mass is 9.99. The molecule has 0 spiro atoms. The molecule has 3 nitrogen and oxygen atoms in total. The topological polar surface area (TPSA) is 41.3 Å². The summed E-state index contributed by atoms with van der Waals surface area (Å²) in [4.78, 5) is 2.09. The monoisotopic (exact) mass is 333 g/mol. The second-order valence-electron chi connectivity index (χ2n) is 5.00. The van der Waals surface area contributed by atoms with Crippen LogP contribution in [-0.4, -0.2) is 14.1 Å². The normalized spacial score (nSPS) is 12.2. The van der Waals surface area contributed by atoms with Crippen LogP contribution in [0, 0.1) is 0 Å². The van der Waals surface area contributed by atoms with Crippen LogP contribution in [0.5, 0.6) is 0 Å². The first kappa shape index (κ1) is 15.0. The Balaban J connectivity index is 2.24. The second-order valence-corrected chi connectivity index (χ2v) is 5.86. The molecule has 0 saturated carbocycles. The maximum absolute atomic E-state index is 5.75. The number of anilines is 1. The third-order valence-electron chi connectivity index (χ3n) is 3.37. The van der Waals surface area contributed by atoms with Crippen molar-refractivity contribution in [1.82, 2.24) is 5.43 Å². The molecule has 1 atom stereocenters. The number of benzene rings is 2. The molecule has 0 saturated heterocycles. The Labute approximate surface area is 128 Å². The van der Waals surface area contributed by atoms with Gasteiger partial charge in [0.25, 0.3) is 0 Å². The molecule has 0 aromatic heterocycles. The SMILES string of the molecule is CN(C)c1cccc(C(Cc2ccccc2Br)NN)c1. The van der Waals surface area contributed by atoms with Gasteiger partial charge in [-0.05, 0) is 35.7 Å². The van der Waals surface area contributed by atoms with Gasteiger partial charge in [0.2, 0.25) is 0 Å². The van der Waals surface area contributed by atoms with Crippen LogP contribution in [-0.2, 0) is 6.42 Å². The van der Waals surface area contributed by atoms with Crippen LogP contribution in [0.25, 0.3) is 0 Å². The van der Waals surface area contributed by atoms with Gasteiger partial charge in [0.05, 0.1) is 6.04 Å². The lowest BCUT2D eigenvalue weighted by molar-refractivity contribution is 0.551. The van der Waals surface area contributed by atoms with Crippen molar-refractivity contribution in [2.45, 2.75) is 12.5 Å². The Kier molecular flexibility index (Phi) is 5.17. The van der Waals surface area contributed by atoms with Crippen molar-refractivity contribution in [2.75, 3.05) is 19.0 Å². The molecule has 0 amide bonds. The van der Waals surface area contributed by atoms with Gasteiger partial charge in [-0.1, -0.05) is 46.3 Å². The zero-order chi connectivity index (χ0) is 14.5. The maximum Gasteiger partial charge on any atom is 0.0501 e. The first-order valence-corrected chi connectivity index (χ1v) is 7.38. The highest BCUT2D eigenvalue weighted by molar-refractivity contribution is 9.10. The van der Waals surface area contributed by atoms with Gasteiger partial charge in [-0.15, -0.1) is 0 Å². The summed E-state index contributed by atoms with van der Waals surface area (Å²) in [6, 6.07) is 16.8. The molecule has 2 rings (SSSR count). The zero-order valence-electron chi connectivity index (χ0n) is 11.8. The number of hydrazine groups is 1. The number of rotatable bonds is 5. The highest BCUT2D eigenvalue weighted by Gasteiger charge is 2.13. The number of nitrogens with zero attached hydrogens (tertiary/aromatic N) is 1. The van der Waals surface area contributed by atoms with Gasteiger partial charge in [-0.3, -0.25) is 11.3 Å². The minimum Gasteiger partial charge on any atom is -0.378 e. The van der Waals surface area contributed by atoms with Crippen LogP contribution in [0.1, 0.15) is 17.2 Å². The van der Waals surface area contributed by atoms with Crippen molar-refractivity contribution in [1.29, 1.82) is 0 Å². The van der Waals surface area contributed by atoms with E-state index in [9.17, 15) is 0 Å². The van der Waals surface area contributed by atoms with E-state index in [1.807, 2.05) is 26.2 Å². The lowest BCUT2D eigenvalue weighted by Gasteiger charge is -2.20. The number of hydrogen-bond donors (Lipinski definition) is 2. The Morgan fingerprint density at radius 3 is 2.55 bits per heavy atom. The first-order valence-electron chi connectivity index (χ1n) is 6.58. The van der Waals surface area contributed by atoms with Crippen molar-refractivity contribution < 1.29 is 0 Å². The molecule has 0 aliphatic heterocycles. The number of nitrogens with two attached hydrogens (primary N) is 1. The maximum atomic E-state index is 5.75. The number of nitrogens with one attached hydrogen (secondary N) is 1. The molecule has 0 heterocycles. The van der Waals surface area contributed by atoms with Crippen molar-refractivity contribution in [3.8, 4) is 0 Å². The van der Waals surface area contributed by atoms with Crippen LogP contribution in [0.3, 0.4) is 0 Å². The third kappa shape index (κ3) is 3.60. The number of hydrogen-bond acceptors (Lipinski definition) is 3. The Morgan fingerprint density at radius 2 is 1.90 bits per heavy atom. The number of halogens is 1. The molecule has 1 unspecified atom stereocenters. The molecule has 0 aliphatic rings. The van der Waals surface area contributed by atoms with E-state index < -0.39 is 0 Å². The Morgan fingerprint density at radius 1 is 1.15 bits per heavy atom. The Bertz CT molecular complexity index is 569. The largest absolute Gasteiger partial charge is 0.378 e. The van der Waals surface area contributed by atoms with Gasteiger partial charge in [0.15, 0.2) is 0 Å². The fraction of sp³-hybridized carbons (Fsp3) is 0.250. The third-order valence-corrected chi connectivity index (χ3v) is 4.15. The summed E-state index contributed by atoms with van der Waals surface area (Å²) in [5.74, 6) is 5.75. The van der Waals surface area contributed by atoms with Crippen LogP contribution in [0.15, 0.2) is 53.0 Å². The summed E-state index contributed by atoms with van der Waals surface area (Å²) in [6.45, 7) is 0. The van der Waals surface area contributed by atoms with E-state index in [1.165, 1.54) is 16.8 Å². The predicted molar refractivity (Wildman–Crippen MR) is 88.7 cm³/mol. The standard InChI is InChI=1S/C16H20BrN3/c1-20(2)14-8-5-7-13(10-14)16(19-18)11-12-6-3-4-9-15(12)17/h3-10,16,19H,11,18H2,1-2H3. The first-order chi connectivity index (χ1) is 9.61. The molecule has 106 valence electrons. The van der Waals surface area contributed by atoms with Gasteiger partial charge in [-0.2, -0.15) is 0 Å². The van der Waals surface area contributed by atoms with Crippen molar-refractivity contribution in [3.63, 3.8) is 0 Å². The lowest BCUT2D eigenvalue weighted by Crippen LogP contribution is -2.29. The van der Waals surface area contributed by atoms with E-state index in [4.69, 9.17) is 5.84 Å². The average Bonchev–Trinajstić information content (AvgIpc) is 2.46. The quantitative estimate of drug-likeness (QED) is 0.651. The van der Waals surface area contributed by atoms with Crippen molar-refractivity contribution >= 4 is 21.6 Å². The molecule has 0 fully saturated rings. The second kappa shape index (κ2) is 6.88. The molecule has 0 bridgehead atoms. The van der Waals surface area contributed by atoms with E-state index in [0.717, 1.165) is 10.9 Å². The summed E-state index contributed by atoms with van der Waals surface area (Å²) in [6.07, 6.45) is 0.842. The van der Waals surface area contributed by atoms with E-state index in [2.05, 4.69) is 62.7 Å². The fourth-order valence-corrected chi connectivity index (χ4v) is 2.62. The van der Waals surface area contributed by atoms with Gasteiger partial charge in [-0.25, -0.2) is 0 Å². The minimum absolute atomic E-state index is 0.0913. The van der Waals surface area contributed by atoms with Gasteiger partial charge < -0.3 is 4.90 Å². The highest BCUT2D eigenvalue weighted by Crippen LogP contribution is 2.25. The minimum atomic E-state index is 0.0913. The smallest absolute Gasteiger partial charge is 0.0501 e. The molecule has 2 aromatic carbocycles. The average molecular weight is 334 g/mol. The van der Waals surface area contributed by atoms with E-state index >= 15 is 0 Å². The summed E-state index contributed by atoms with van der Waals surface area (Å²) in [5.41, 5.74) is 6.53.